The van der Waals surface area contributed by atoms with Gasteiger partial charge in [0.05, 0.1) is 17.9 Å². The van der Waals surface area contributed by atoms with Gasteiger partial charge in [0.1, 0.15) is 17.6 Å². The molecule has 0 unspecified atom stereocenters. The Bertz CT molecular complexity index is 1150. The van der Waals surface area contributed by atoms with Crippen LogP contribution < -0.4 is 4.90 Å². The Kier molecular flexibility index (Phi) is 4.65. The molecular formula is C22H27FN8O. The van der Waals surface area contributed by atoms with Gasteiger partial charge in [-0.1, -0.05) is 13.8 Å². The summed E-state index contributed by atoms with van der Waals surface area (Å²) in [5.74, 6) is 0.921. The van der Waals surface area contributed by atoms with Crippen LogP contribution in [0.15, 0.2) is 24.4 Å². The van der Waals surface area contributed by atoms with Crippen LogP contribution in [-0.4, -0.2) is 59.8 Å². The largest absolute Gasteiger partial charge is 0.507 e. The summed E-state index contributed by atoms with van der Waals surface area (Å²) in [6.45, 7) is 6.06. The molecule has 0 saturated heterocycles. The Morgan fingerprint density at radius 2 is 2.00 bits per heavy atom. The predicted molar refractivity (Wildman–Crippen MR) is 116 cm³/mol. The van der Waals surface area contributed by atoms with E-state index in [2.05, 4.69) is 44.4 Å². The summed E-state index contributed by atoms with van der Waals surface area (Å²) in [5, 5.41) is 30.9. The van der Waals surface area contributed by atoms with Gasteiger partial charge in [0.25, 0.3) is 0 Å². The Morgan fingerprint density at radius 3 is 2.66 bits per heavy atom. The van der Waals surface area contributed by atoms with Gasteiger partial charge in [-0.25, -0.2) is 9.37 Å². The molecule has 2 aliphatic carbocycles. The molecule has 32 heavy (non-hydrogen) atoms. The van der Waals surface area contributed by atoms with E-state index in [1.54, 1.807) is 25.3 Å². The van der Waals surface area contributed by atoms with Crippen LogP contribution in [0.3, 0.4) is 0 Å². The number of phenols is 1. The number of anilines is 1. The second-order valence-corrected chi connectivity index (χ2v) is 9.90. The van der Waals surface area contributed by atoms with Crippen molar-refractivity contribution in [3.63, 3.8) is 0 Å². The SMILES string of the molecule is Cc1nnn(-c2ccc(-c3cnc(N(C)[C@@H]4C[C@@]5(C)CC[C@](C)(C5)[C@H]4F)nn3)c(O)c2)n1. The Balaban J connectivity index is 1.37. The fraction of sp³-hybridized carbons (Fsp3) is 0.545. The van der Waals surface area contributed by atoms with E-state index in [0.717, 1.165) is 25.7 Å². The summed E-state index contributed by atoms with van der Waals surface area (Å²) in [6.07, 6.45) is 4.32. The van der Waals surface area contributed by atoms with E-state index in [1.165, 1.54) is 10.9 Å². The summed E-state index contributed by atoms with van der Waals surface area (Å²) in [5.41, 5.74) is 1.36. The molecule has 0 radical (unpaired) electrons. The molecule has 2 heterocycles. The number of phenolic OH excluding ortho intramolecular Hbond substituents is 1. The van der Waals surface area contributed by atoms with E-state index in [9.17, 15) is 5.11 Å². The average Bonchev–Trinajstić information content (AvgIpc) is 3.32. The zero-order valence-corrected chi connectivity index (χ0v) is 18.7. The number of tetrazole rings is 1. The zero-order valence-electron chi connectivity index (χ0n) is 18.7. The molecule has 4 atom stereocenters. The summed E-state index contributed by atoms with van der Waals surface area (Å²) in [6, 6.07) is 4.71. The van der Waals surface area contributed by atoms with Crippen LogP contribution in [0.1, 0.15) is 45.4 Å². The Hall–Kier alpha value is -3.17. The topological polar surface area (TPSA) is 106 Å². The van der Waals surface area contributed by atoms with Gasteiger partial charge in [0, 0.05) is 24.1 Å². The first-order valence-corrected chi connectivity index (χ1v) is 10.8. The van der Waals surface area contributed by atoms with E-state index < -0.39 is 6.17 Å². The molecule has 3 aromatic rings. The van der Waals surface area contributed by atoms with Gasteiger partial charge in [0.2, 0.25) is 5.95 Å². The van der Waals surface area contributed by atoms with Crippen LogP contribution in [0, 0.1) is 17.8 Å². The lowest BCUT2D eigenvalue weighted by Crippen LogP contribution is -2.52. The summed E-state index contributed by atoms with van der Waals surface area (Å²) in [4.78, 5) is 7.60. The van der Waals surface area contributed by atoms with Crippen LogP contribution in [0.4, 0.5) is 10.3 Å². The maximum Gasteiger partial charge on any atom is 0.245 e. The molecule has 2 saturated carbocycles. The van der Waals surface area contributed by atoms with Gasteiger partial charge in [-0.2, -0.15) is 0 Å². The van der Waals surface area contributed by atoms with E-state index >= 15 is 4.39 Å². The minimum atomic E-state index is -0.933. The number of hydrogen-bond acceptors (Lipinski definition) is 8. The monoisotopic (exact) mass is 438 g/mol. The van der Waals surface area contributed by atoms with Crippen LogP contribution in [0.25, 0.3) is 16.9 Å². The van der Waals surface area contributed by atoms with Gasteiger partial charge in [-0.05, 0) is 55.4 Å². The maximum atomic E-state index is 15.4. The molecule has 1 N–H and O–H groups in total. The summed E-state index contributed by atoms with van der Waals surface area (Å²) >= 11 is 0. The predicted octanol–water partition coefficient (Wildman–Crippen LogP) is 3.27. The molecule has 2 aromatic heterocycles. The number of halogens is 1. The average molecular weight is 439 g/mol. The van der Waals surface area contributed by atoms with Crippen molar-refractivity contribution in [1.82, 2.24) is 35.4 Å². The first kappa shape index (κ1) is 20.7. The lowest BCUT2D eigenvalue weighted by Gasteiger charge is -2.46. The molecule has 0 amide bonds. The number of nitrogens with zero attached hydrogens (tertiary/aromatic N) is 8. The standard InChI is InChI=1S/C22H27FN8O/c1-13-25-29-31(28-13)14-5-6-15(18(32)9-14)16-11-24-20(27-26-16)30(4)17-10-21(2)7-8-22(3,12-21)19(17)23/h5-6,9,11,17,19,32H,7-8,10,12H2,1-4H3/t17-,19+,21-,22-/m1/s1. The number of hydrogen-bond donors (Lipinski definition) is 1. The number of fused-ring (bicyclic) bond motifs is 2. The van der Waals surface area contributed by atoms with Crippen LogP contribution in [0.5, 0.6) is 5.75 Å². The first-order valence-electron chi connectivity index (χ1n) is 10.8. The fourth-order valence-corrected chi connectivity index (χ4v) is 5.51. The lowest BCUT2D eigenvalue weighted by molar-refractivity contribution is 0.0378. The highest BCUT2D eigenvalue weighted by molar-refractivity contribution is 5.67. The molecule has 0 spiro atoms. The van der Waals surface area contributed by atoms with Crippen molar-refractivity contribution >= 4 is 5.95 Å². The number of aromatic nitrogens is 7. The molecule has 9 nitrogen and oxygen atoms in total. The van der Waals surface area contributed by atoms with Crippen molar-refractivity contribution in [3.8, 4) is 22.7 Å². The van der Waals surface area contributed by atoms with E-state index in [-0.39, 0.29) is 22.6 Å². The zero-order chi connectivity index (χ0) is 22.7. The summed E-state index contributed by atoms with van der Waals surface area (Å²) < 4.78 is 15.4. The van der Waals surface area contributed by atoms with Gasteiger partial charge in [0.15, 0.2) is 5.82 Å². The van der Waals surface area contributed by atoms with Crippen molar-refractivity contribution in [2.24, 2.45) is 10.8 Å². The third-order valence-electron chi connectivity index (χ3n) is 7.20. The van der Waals surface area contributed by atoms with Crippen molar-refractivity contribution in [3.05, 3.63) is 30.2 Å². The molecule has 0 aliphatic heterocycles. The third kappa shape index (κ3) is 3.37. The van der Waals surface area contributed by atoms with Gasteiger partial charge >= 0.3 is 0 Å². The van der Waals surface area contributed by atoms with Crippen LogP contribution in [0.2, 0.25) is 0 Å². The van der Waals surface area contributed by atoms with Crippen molar-refractivity contribution in [1.29, 1.82) is 0 Å². The van der Waals surface area contributed by atoms with E-state index in [0.29, 0.717) is 28.7 Å². The van der Waals surface area contributed by atoms with Crippen molar-refractivity contribution in [2.75, 3.05) is 11.9 Å². The molecular weight excluding hydrogens is 411 g/mol. The molecule has 168 valence electrons. The second kappa shape index (κ2) is 7.18. The maximum absolute atomic E-state index is 15.4. The molecule has 2 aliphatic rings. The highest BCUT2D eigenvalue weighted by Gasteiger charge is 2.56. The number of alkyl halides is 1. The minimum absolute atomic E-state index is 0.00295. The Labute approximate surface area is 185 Å². The number of aryl methyl sites for hydroxylation is 1. The van der Waals surface area contributed by atoms with E-state index in [1.807, 2.05) is 11.9 Å². The number of aromatic hydroxyl groups is 1. The fourth-order valence-electron chi connectivity index (χ4n) is 5.51. The van der Waals surface area contributed by atoms with E-state index in [4.69, 9.17) is 0 Å². The summed E-state index contributed by atoms with van der Waals surface area (Å²) in [7, 11) is 1.84. The smallest absolute Gasteiger partial charge is 0.245 e. The molecule has 1 aromatic carbocycles. The molecule has 2 bridgehead atoms. The Morgan fingerprint density at radius 1 is 1.19 bits per heavy atom. The molecule has 2 fully saturated rings. The number of benzene rings is 1. The third-order valence-corrected chi connectivity index (χ3v) is 7.20. The molecule has 5 rings (SSSR count). The van der Waals surface area contributed by atoms with Crippen molar-refractivity contribution in [2.45, 2.75) is 58.7 Å². The van der Waals surface area contributed by atoms with Gasteiger partial charge < -0.3 is 10.0 Å². The first-order chi connectivity index (χ1) is 15.2. The highest BCUT2D eigenvalue weighted by atomic mass is 19.1. The van der Waals surface area contributed by atoms with Crippen LogP contribution in [-0.2, 0) is 0 Å². The minimum Gasteiger partial charge on any atom is -0.507 e. The quantitative estimate of drug-likeness (QED) is 0.662. The van der Waals surface area contributed by atoms with Gasteiger partial charge in [-0.15, -0.1) is 25.2 Å². The molecule has 10 heteroatoms. The van der Waals surface area contributed by atoms with Gasteiger partial charge in [-0.3, -0.25) is 0 Å². The second-order valence-electron chi connectivity index (χ2n) is 9.90. The van der Waals surface area contributed by atoms with Crippen molar-refractivity contribution < 1.29 is 9.50 Å². The highest BCUT2D eigenvalue weighted by Crippen LogP contribution is 2.59. The normalized spacial score (nSPS) is 29.3. The number of rotatable bonds is 4. The van der Waals surface area contributed by atoms with Crippen LogP contribution >= 0.6 is 0 Å². The lowest BCUT2D eigenvalue weighted by atomic mass is 9.67.